The topological polar surface area (TPSA) is 40.1 Å². The molecule has 25 heavy (non-hydrogen) atoms. The first-order chi connectivity index (χ1) is 11.8. The predicted molar refractivity (Wildman–Crippen MR) is 114 cm³/mol. The molecule has 0 spiro atoms. The van der Waals surface area contributed by atoms with Crippen LogP contribution < -0.4 is 5.32 Å². The fraction of sp³-hybridized carbons (Fsp3) is 0.632. The van der Waals surface area contributed by atoms with Crippen molar-refractivity contribution in [2.24, 2.45) is 4.99 Å². The van der Waals surface area contributed by atoms with Gasteiger partial charge in [-0.2, -0.15) is 0 Å². The zero-order chi connectivity index (χ0) is 16.8. The van der Waals surface area contributed by atoms with Crippen molar-refractivity contribution in [2.75, 3.05) is 46.9 Å². The first-order valence-corrected chi connectivity index (χ1v) is 9.07. The van der Waals surface area contributed by atoms with Gasteiger partial charge in [0, 0.05) is 52.9 Å². The maximum absolute atomic E-state index is 5.23. The number of ether oxygens (including phenoxy) is 1. The minimum Gasteiger partial charge on any atom is -0.383 e. The Kier molecular flexibility index (Phi) is 8.45. The Labute approximate surface area is 168 Å². The van der Waals surface area contributed by atoms with E-state index < -0.39 is 0 Å². The van der Waals surface area contributed by atoms with Gasteiger partial charge in [0.1, 0.15) is 0 Å². The van der Waals surface area contributed by atoms with Gasteiger partial charge < -0.3 is 15.0 Å². The summed E-state index contributed by atoms with van der Waals surface area (Å²) in [5.41, 5.74) is 2.90. The molecule has 0 bridgehead atoms. The van der Waals surface area contributed by atoms with E-state index >= 15 is 0 Å². The summed E-state index contributed by atoms with van der Waals surface area (Å²) in [4.78, 5) is 9.39. The Hall–Kier alpha value is -0.860. The number of aliphatic imine (C=N–C) groups is 1. The van der Waals surface area contributed by atoms with Crippen molar-refractivity contribution in [3.63, 3.8) is 0 Å². The molecule has 1 aliphatic carbocycles. The van der Waals surface area contributed by atoms with Crippen LogP contribution in [0.15, 0.2) is 29.3 Å². The van der Waals surface area contributed by atoms with E-state index in [9.17, 15) is 0 Å². The molecule has 1 aromatic rings. The van der Waals surface area contributed by atoms with Crippen molar-refractivity contribution in [1.29, 1.82) is 0 Å². The molecule has 1 N–H and O–H groups in total. The van der Waals surface area contributed by atoms with Crippen LogP contribution in [0, 0.1) is 0 Å². The van der Waals surface area contributed by atoms with Crippen LogP contribution >= 0.6 is 24.0 Å². The van der Waals surface area contributed by atoms with Crippen LogP contribution in [0.25, 0.3) is 0 Å². The number of halogens is 1. The van der Waals surface area contributed by atoms with Gasteiger partial charge in [0.2, 0.25) is 0 Å². The zero-order valence-electron chi connectivity index (χ0n) is 15.4. The highest BCUT2D eigenvalue weighted by atomic mass is 127. The van der Waals surface area contributed by atoms with E-state index in [1.165, 1.54) is 24.0 Å². The van der Waals surface area contributed by atoms with Crippen LogP contribution in [0.3, 0.4) is 0 Å². The number of nitrogens with one attached hydrogen (secondary N) is 1. The smallest absolute Gasteiger partial charge is 0.194 e. The summed E-state index contributed by atoms with van der Waals surface area (Å²) in [7, 11) is 3.66. The molecule has 3 rings (SSSR count). The molecule has 0 saturated heterocycles. The molecular formula is C19H31IN4O. The molecule has 0 aromatic heterocycles. The summed E-state index contributed by atoms with van der Waals surface area (Å²) >= 11 is 0. The van der Waals surface area contributed by atoms with Crippen LogP contribution in [0.1, 0.15) is 24.0 Å². The molecule has 1 heterocycles. The lowest BCUT2D eigenvalue weighted by molar-refractivity contribution is 0.144. The lowest BCUT2D eigenvalue weighted by Crippen LogP contribution is -2.46. The van der Waals surface area contributed by atoms with E-state index in [0.717, 1.165) is 57.8 Å². The Morgan fingerprint density at radius 2 is 2.04 bits per heavy atom. The monoisotopic (exact) mass is 458 g/mol. The number of hydrogen-bond acceptors (Lipinski definition) is 3. The van der Waals surface area contributed by atoms with E-state index in [-0.39, 0.29) is 24.0 Å². The first-order valence-electron chi connectivity index (χ1n) is 9.07. The van der Waals surface area contributed by atoms with Gasteiger partial charge in [-0.25, -0.2) is 0 Å². The third-order valence-corrected chi connectivity index (χ3v) is 4.97. The van der Waals surface area contributed by atoms with Crippen molar-refractivity contribution in [2.45, 2.75) is 31.8 Å². The largest absolute Gasteiger partial charge is 0.383 e. The number of hydrogen-bond donors (Lipinski definition) is 1. The van der Waals surface area contributed by atoms with Crippen molar-refractivity contribution in [1.82, 2.24) is 15.1 Å². The van der Waals surface area contributed by atoms with Crippen LogP contribution in [0.2, 0.25) is 0 Å². The molecule has 0 atom stereocenters. The molecule has 2 aliphatic rings. The lowest BCUT2D eigenvalue weighted by Gasteiger charge is -2.32. The van der Waals surface area contributed by atoms with Gasteiger partial charge in [-0.05, 0) is 30.4 Å². The lowest BCUT2D eigenvalue weighted by atomic mass is 10.0. The molecule has 1 saturated carbocycles. The highest BCUT2D eigenvalue weighted by Gasteiger charge is 2.28. The summed E-state index contributed by atoms with van der Waals surface area (Å²) < 4.78 is 5.23. The summed E-state index contributed by atoms with van der Waals surface area (Å²) in [5.74, 6) is 1.02. The maximum Gasteiger partial charge on any atom is 0.194 e. The van der Waals surface area contributed by atoms with Gasteiger partial charge in [-0.15, -0.1) is 24.0 Å². The minimum absolute atomic E-state index is 0. The molecule has 1 aliphatic heterocycles. The maximum atomic E-state index is 5.23. The first kappa shape index (κ1) is 20.5. The Morgan fingerprint density at radius 3 is 2.72 bits per heavy atom. The summed E-state index contributed by atoms with van der Waals surface area (Å²) in [6.45, 7) is 5.81. The van der Waals surface area contributed by atoms with Crippen molar-refractivity contribution >= 4 is 29.9 Å². The third kappa shape index (κ3) is 5.82. The minimum atomic E-state index is 0. The van der Waals surface area contributed by atoms with Gasteiger partial charge >= 0.3 is 0 Å². The quantitative estimate of drug-likeness (QED) is 0.387. The van der Waals surface area contributed by atoms with Gasteiger partial charge in [0.05, 0.1) is 6.61 Å². The number of guanidine groups is 1. The van der Waals surface area contributed by atoms with Crippen LogP contribution in [-0.2, 0) is 17.7 Å². The van der Waals surface area contributed by atoms with E-state index in [1.807, 2.05) is 7.05 Å². The second-order valence-corrected chi connectivity index (χ2v) is 6.67. The van der Waals surface area contributed by atoms with Crippen LogP contribution in [-0.4, -0.2) is 68.7 Å². The van der Waals surface area contributed by atoms with E-state index in [0.29, 0.717) is 0 Å². The van der Waals surface area contributed by atoms with Crippen LogP contribution in [0.5, 0.6) is 0 Å². The molecule has 1 fully saturated rings. The van der Waals surface area contributed by atoms with Crippen molar-refractivity contribution < 1.29 is 4.74 Å². The molecule has 0 unspecified atom stereocenters. The molecule has 140 valence electrons. The van der Waals surface area contributed by atoms with Gasteiger partial charge in [0.25, 0.3) is 0 Å². The fourth-order valence-corrected chi connectivity index (χ4v) is 3.45. The summed E-state index contributed by atoms with van der Waals surface area (Å²) in [6.07, 6.45) is 3.77. The average Bonchev–Trinajstić information content (AvgIpc) is 3.46. The number of nitrogens with zero attached hydrogens (tertiary/aromatic N) is 3. The van der Waals surface area contributed by atoms with E-state index in [2.05, 4.69) is 44.4 Å². The van der Waals surface area contributed by atoms with Gasteiger partial charge in [-0.1, -0.05) is 24.3 Å². The van der Waals surface area contributed by atoms with E-state index in [4.69, 9.17) is 4.74 Å². The molecule has 0 radical (unpaired) electrons. The summed E-state index contributed by atoms with van der Waals surface area (Å²) in [6, 6.07) is 9.50. The zero-order valence-corrected chi connectivity index (χ0v) is 17.7. The number of rotatable bonds is 7. The predicted octanol–water partition coefficient (Wildman–Crippen LogP) is 2.35. The molecule has 0 amide bonds. The van der Waals surface area contributed by atoms with Gasteiger partial charge in [0.15, 0.2) is 5.96 Å². The normalized spacial score (nSPS) is 17.2. The summed E-state index contributed by atoms with van der Waals surface area (Å²) in [5, 5.41) is 3.55. The van der Waals surface area contributed by atoms with Gasteiger partial charge in [-0.3, -0.25) is 9.89 Å². The highest BCUT2D eigenvalue weighted by Crippen LogP contribution is 2.26. The molecule has 6 heteroatoms. The van der Waals surface area contributed by atoms with Crippen molar-refractivity contribution in [3.05, 3.63) is 35.4 Å². The fourth-order valence-electron chi connectivity index (χ4n) is 3.45. The number of methoxy groups -OCH3 is 1. The number of benzene rings is 1. The second kappa shape index (κ2) is 10.3. The Balaban J connectivity index is 0.00000225. The Bertz CT molecular complexity index is 562. The highest BCUT2D eigenvalue weighted by molar-refractivity contribution is 14.0. The second-order valence-electron chi connectivity index (χ2n) is 6.67. The molecule has 5 nitrogen and oxygen atoms in total. The average molecular weight is 458 g/mol. The molecule has 1 aromatic carbocycles. The van der Waals surface area contributed by atoms with Crippen molar-refractivity contribution in [3.8, 4) is 0 Å². The van der Waals surface area contributed by atoms with Crippen LogP contribution in [0.4, 0.5) is 0 Å². The van der Waals surface area contributed by atoms with E-state index in [1.54, 1.807) is 7.11 Å². The Morgan fingerprint density at radius 1 is 1.28 bits per heavy atom. The SMILES string of the molecule is CN=C(NCCN(CCOC)C1CC1)N1CCc2ccccc2C1.I. The number of fused-ring (bicyclic) bond motifs is 1. The third-order valence-electron chi connectivity index (χ3n) is 4.97. The standard InChI is InChI=1S/C19H30N4O.HI/c1-20-19(21-10-12-22(13-14-24-2)18-7-8-18)23-11-9-16-5-3-4-6-17(16)15-23;/h3-6,18H,7-15H2,1-2H3,(H,20,21);1H. The molecular weight excluding hydrogens is 427 g/mol.